The molecule has 0 saturated heterocycles. The third-order valence-electron chi connectivity index (χ3n) is 5.61. The van der Waals surface area contributed by atoms with Gasteiger partial charge in [-0.2, -0.15) is 0 Å². The number of halogens is 2. The van der Waals surface area contributed by atoms with Gasteiger partial charge in [0, 0.05) is 31.1 Å². The van der Waals surface area contributed by atoms with Crippen molar-refractivity contribution in [1.82, 2.24) is 5.32 Å². The summed E-state index contributed by atoms with van der Waals surface area (Å²) in [6.45, 7) is 1.87. The predicted molar refractivity (Wildman–Crippen MR) is 82.7 cm³/mol. The van der Waals surface area contributed by atoms with Gasteiger partial charge >= 0.3 is 0 Å². The highest BCUT2D eigenvalue weighted by atomic mass is 19.1. The molecule has 2 fully saturated rings. The van der Waals surface area contributed by atoms with Crippen molar-refractivity contribution >= 4 is 5.91 Å². The number of hydrogen-bond donors (Lipinski definition) is 2. The van der Waals surface area contributed by atoms with E-state index in [0.717, 1.165) is 25.3 Å². The molecule has 0 heterocycles. The van der Waals surface area contributed by atoms with Crippen LogP contribution >= 0.6 is 0 Å². The van der Waals surface area contributed by atoms with Crippen LogP contribution in [0.3, 0.4) is 0 Å². The predicted octanol–water partition coefficient (Wildman–Crippen LogP) is 2.98. The zero-order chi connectivity index (χ0) is 16.6. The van der Waals surface area contributed by atoms with Crippen LogP contribution in [-0.4, -0.2) is 23.7 Å². The smallest absolute Gasteiger partial charge is 0.220 e. The lowest BCUT2D eigenvalue weighted by atomic mass is 9.84. The van der Waals surface area contributed by atoms with Gasteiger partial charge in [0.15, 0.2) is 0 Å². The molecule has 5 heteroatoms. The number of rotatable bonds is 5. The van der Waals surface area contributed by atoms with Crippen LogP contribution in [0.5, 0.6) is 0 Å². The molecule has 2 aliphatic carbocycles. The highest BCUT2D eigenvalue weighted by Gasteiger charge is 2.47. The molecule has 5 unspecified atom stereocenters. The quantitative estimate of drug-likeness (QED) is 0.875. The summed E-state index contributed by atoms with van der Waals surface area (Å²) < 4.78 is 26.8. The SMILES string of the molecule is CC(CC(=O)NC1C2CCC(C2)C1CO)c1ccc(F)cc1F. The topological polar surface area (TPSA) is 49.3 Å². The number of carbonyl (C=O) groups excluding carboxylic acids is 1. The van der Waals surface area contributed by atoms with Gasteiger partial charge in [-0.1, -0.05) is 13.0 Å². The molecule has 5 atom stereocenters. The summed E-state index contributed by atoms with van der Waals surface area (Å²) in [5.74, 6) is -0.551. The number of nitrogens with one attached hydrogen (secondary N) is 1. The first-order chi connectivity index (χ1) is 11.0. The van der Waals surface area contributed by atoms with Crippen molar-refractivity contribution in [3.8, 4) is 0 Å². The molecular weight excluding hydrogens is 300 g/mol. The Morgan fingerprint density at radius 2 is 2.09 bits per heavy atom. The van der Waals surface area contributed by atoms with Gasteiger partial charge in [0.2, 0.25) is 5.91 Å². The Hall–Kier alpha value is -1.49. The second-order valence-electron chi connectivity index (χ2n) is 7.04. The zero-order valence-corrected chi connectivity index (χ0v) is 13.3. The minimum absolute atomic E-state index is 0.0384. The average Bonchev–Trinajstić information content (AvgIpc) is 3.07. The van der Waals surface area contributed by atoms with E-state index in [2.05, 4.69) is 5.32 Å². The van der Waals surface area contributed by atoms with Crippen LogP contribution in [0, 0.1) is 29.4 Å². The molecule has 23 heavy (non-hydrogen) atoms. The van der Waals surface area contributed by atoms with Crippen LogP contribution in [0.25, 0.3) is 0 Å². The Morgan fingerprint density at radius 1 is 1.35 bits per heavy atom. The maximum absolute atomic E-state index is 13.8. The Labute approximate surface area is 135 Å². The second-order valence-corrected chi connectivity index (χ2v) is 7.04. The fraction of sp³-hybridized carbons (Fsp3) is 0.611. The third-order valence-corrected chi connectivity index (χ3v) is 5.61. The number of benzene rings is 1. The van der Waals surface area contributed by atoms with Gasteiger partial charge < -0.3 is 10.4 Å². The number of fused-ring (bicyclic) bond motifs is 2. The Kier molecular flexibility index (Phi) is 4.67. The first-order valence-electron chi connectivity index (χ1n) is 8.34. The molecule has 3 rings (SSSR count). The van der Waals surface area contributed by atoms with E-state index in [1.54, 1.807) is 6.92 Å². The van der Waals surface area contributed by atoms with Crippen LogP contribution in [0.4, 0.5) is 8.78 Å². The van der Waals surface area contributed by atoms with Crippen molar-refractivity contribution in [2.45, 2.75) is 44.6 Å². The molecule has 2 bridgehead atoms. The molecule has 1 amide bonds. The molecule has 1 aromatic rings. The van der Waals surface area contributed by atoms with E-state index in [0.29, 0.717) is 17.4 Å². The van der Waals surface area contributed by atoms with Gasteiger partial charge in [-0.25, -0.2) is 8.78 Å². The van der Waals surface area contributed by atoms with Gasteiger partial charge in [-0.3, -0.25) is 4.79 Å². The van der Waals surface area contributed by atoms with Crippen LogP contribution in [0.2, 0.25) is 0 Å². The van der Waals surface area contributed by atoms with E-state index in [1.165, 1.54) is 12.1 Å². The second kappa shape index (κ2) is 6.56. The standard InChI is InChI=1S/C18H23F2NO2/c1-10(14-5-4-13(19)8-16(14)20)6-17(23)21-18-12-3-2-11(7-12)15(18)9-22/h4-5,8,10-12,15,18,22H,2-3,6-7,9H2,1H3,(H,21,23). The Bertz CT molecular complexity index is 592. The third kappa shape index (κ3) is 3.25. The van der Waals surface area contributed by atoms with Crippen molar-refractivity contribution in [2.24, 2.45) is 17.8 Å². The van der Waals surface area contributed by atoms with Crippen molar-refractivity contribution in [3.05, 3.63) is 35.4 Å². The summed E-state index contributed by atoms with van der Waals surface area (Å²) in [5, 5.41) is 12.6. The number of carbonyl (C=O) groups is 1. The van der Waals surface area contributed by atoms with E-state index < -0.39 is 11.6 Å². The highest BCUT2D eigenvalue weighted by molar-refractivity contribution is 5.77. The van der Waals surface area contributed by atoms with Crippen molar-refractivity contribution in [3.63, 3.8) is 0 Å². The number of aliphatic hydroxyl groups is 1. The monoisotopic (exact) mass is 323 g/mol. The Balaban J connectivity index is 1.61. The molecule has 0 aliphatic heterocycles. The van der Waals surface area contributed by atoms with E-state index >= 15 is 0 Å². The molecule has 2 saturated carbocycles. The minimum atomic E-state index is -0.615. The maximum Gasteiger partial charge on any atom is 0.220 e. The van der Waals surface area contributed by atoms with Crippen molar-refractivity contribution in [2.75, 3.05) is 6.61 Å². The summed E-state index contributed by atoms with van der Waals surface area (Å²) in [4.78, 5) is 12.3. The lowest BCUT2D eigenvalue weighted by molar-refractivity contribution is -0.123. The zero-order valence-electron chi connectivity index (χ0n) is 13.3. The van der Waals surface area contributed by atoms with Crippen LogP contribution in [-0.2, 0) is 4.79 Å². The van der Waals surface area contributed by atoms with E-state index in [4.69, 9.17) is 0 Å². The summed E-state index contributed by atoms with van der Waals surface area (Å²) in [6, 6.07) is 3.50. The fourth-order valence-corrected chi connectivity index (χ4v) is 4.43. The molecule has 3 nitrogen and oxygen atoms in total. The molecule has 0 aromatic heterocycles. The minimum Gasteiger partial charge on any atom is -0.396 e. The fourth-order valence-electron chi connectivity index (χ4n) is 4.43. The molecule has 0 radical (unpaired) electrons. The van der Waals surface area contributed by atoms with E-state index in [9.17, 15) is 18.7 Å². The van der Waals surface area contributed by atoms with E-state index in [-0.39, 0.29) is 36.8 Å². The molecule has 126 valence electrons. The first-order valence-corrected chi connectivity index (χ1v) is 8.34. The molecule has 1 aromatic carbocycles. The lowest BCUT2D eigenvalue weighted by Crippen LogP contribution is -2.45. The van der Waals surface area contributed by atoms with Gasteiger partial charge in [-0.15, -0.1) is 0 Å². The molecule has 2 N–H and O–H groups in total. The highest BCUT2D eigenvalue weighted by Crippen LogP contribution is 2.48. The Morgan fingerprint density at radius 3 is 2.78 bits per heavy atom. The summed E-state index contributed by atoms with van der Waals surface area (Å²) in [7, 11) is 0. The van der Waals surface area contributed by atoms with Crippen LogP contribution < -0.4 is 5.32 Å². The summed E-state index contributed by atoms with van der Waals surface area (Å²) in [6.07, 6.45) is 3.49. The van der Waals surface area contributed by atoms with Gasteiger partial charge in [-0.05, 0) is 48.6 Å². The van der Waals surface area contributed by atoms with Gasteiger partial charge in [0.1, 0.15) is 11.6 Å². The normalized spacial score (nSPS) is 30.4. The number of amides is 1. The van der Waals surface area contributed by atoms with Crippen LogP contribution in [0.15, 0.2) is 18.2 Å². The summed E-state index contributed by atoms with van der Waals surface area (Å²) >= 11 is 0. The average molecular weight is 323 g/mol. The molecule has 2 aliphatic rings. The number of hydrogen-bond acceptors (Lipinski definition) is 2. The molecule has 0 spiro atoms. The lowest BCUT2D eigenvalue weighted by Gasteiger charge is -2.30. The first kappa shape index (κ1) is 16.4. The van der Waals surface area contributed by atoms with Gasteiger partial charge in [0.25, 0.3) is 0 Å². The largest absolute Gasteiger partial charge is 0.396 e. The van der Waals surface area contributed by atoms with Gasteiger partial charge in [0.05, 0.1) is 0 Å². The maximum atomic E-state index is 13.8. The molecular formula is C18H23F2NO2. The van der Waals surface area contributed by atoms with E-state index in [1.807, 2.05) is 0 Å². The van der Waals surface area contributed by atoms with Crippen molar-refractivity contribution in [1.29, 1.82) is 0 Å². The summed E-state index contributed by atoms with van der Waals surface area (Å²) in [5.41, 5.74) is 0.355. The van der Waals surface area contributed by atoms with Crippen molar-refractivity contribution < 1.29 is 18.7 Å². The van der Waals surface area contributed by atoms with Crippen LogP contribution in [0.1, 0.15) is 44.1 Å². The number of aliphatic hydroxyl groups excluding tert-OH is 1.